The minimum absolute atomic E-state index is 0.0187. The molecule has 1 saturated carbocycles. The number of carboxylic acids is 1. The van der Waals surface area contributed by atoms with Crippen LogP contribution in [0.2, 0.25) is 0 Å². The predicted octanol–water partition coefficient (Wildman–Crippen LogP) is -0.373. The zero-order chi connectivity index (χ0) is 13.7. The number of nitrogens with one attached hydrogen (secondary N) is 2. The van der Waals surface area contributed by atoms with E-state index in [0.717, 1.165) is 12.8 Å². The van der Waals surface area contributed by atoms with E-state index >= 15 is 0 Å². The topological polar surface area (TPSA) is 98.7 Å². The molecule has 3 amide bonds. The highest BCUT2D eigenvalue weighted by Gasteiger charge is 2.38. The molecule has 1 aliphatic carbocycles. The third kappa shape index (κ3) is 3.90. The summed E-state index contributed by atoms with van der Waals surface area (Å²) >= 11 is 0. The fourth-order valence-electron chi connectivity index (χ4n) is 1.61. The molecule has 1 atom stereocenters. The fraction of sp³-hybridized carbons (Fsp3) is 0.727. The molecule has 1 rings (SSSR count). The standard InChI is InChI=1S/C11H19N3O4/c1-3-14(6-8(15)12-2)11(18)13-9(10(16)17)7-4-5-7/h7,9H,3-6H2,1-2H3,(H,12,15)(H,13,18)(H,16,17). The van der Waals surface area contributed by atoms with Gasteiger partial charge in [0.25, 0.3) is 0 Å². The predicted molar refractivity (Wildman–Crippen MR) is 64.0 cm³/mol. The number of likely N-dealkylation sites (N-methyl/N-ethyl adjacent to an activating group) is 2. The molecule has 7 heteroatoms. The Labute approximate surface area is 106 Å². The zero-order valence-corrected chi connectivity index (χ0v) is 10.6. The van der Waals surface area contributed by atoms with Crippen molar-refractivity contribution >= 4 is 17.9 Å². The Morgan fingerprint density at radius 1 is 1.39 bits per heavy atom. The number of aliphatic carboxylic acids is 1. The van der Waals surface area contributed by atoms with Gasteiger partial charge in [0.1, 0.15) is 12.6 Å². The van der Waals surface area contributed by atoms with Gasteiger partial charge in [0.2, 0.25) is 5.91 Å². The van der Waals surface area contributed by atoms with Crippen molar-refractivity contribution in [1.29, 1.82) is 0 Å². The summed E-state index contributed by atoms with van der Waals surface area (Å²) in [6, 6.07) is -1.36. The Morgan fingerprint density at radius 3 is 2.39 bits per heavy atom. The van der Waals surface area contributed by atoms with Crippen LogP contribution in [0.1, 0.15) is 19.8 Å². The minimum Gasteiger partial charge on any atom is -0.480 e. The second-order valence-electron chi connectivity index (χ2n) is 4.29. The number of amides is 3. The molecule has 18 heavy (non-hydrogen) atoms. The molecule has 1 unspecified atom stereocenters. The molecule has 1 aliphatic rings. The Bertz CT molecular complexity index is 341. The molecular formula is C11H19N3O4. The van der Waals surface area contributed by atoms with Gasteiger partial charge >= 0.3 is 12.0 Å². The van der Waals surface area contributed by atoms with Gasteiger partial charge < -0.3 is 20.6 Å². The molecular weight excluding hydrogens is 238 g/mol. The molecule has 7 nitrogen and oxygen atoms in total. The van der Waals surface area contributed by atoms with Gasteiger partial charge in [0, 0.05) is 13.6 Å². The molecule has 0 saturated heterocycles. The number of carbonyl (C=O) groups is 3. The number of carbonyl (C=O) groups excluding carboxylic acids is 2. The highest BCUT2D eigenvalue weighted by Crippen LogP contribution is 2.32. The monoisotopic (exact) mass is 257 g/mol. The van der Waals surface area contributed by atoms with Crippen LogP contribution < -0.4 is 10.6 Å². The van der Waals surface area contributed by atoms with E-state index in [1.54, 1.807) is 6.92 Å². The number of hydrogen-bond donors (Lipinski definition) is 3. The van der Waals surface area contributed by atoms with Crippen LogP contribution in [-0.4, -0.2) is 54.1 Å². The van der Waals surface area contributed by atoms with Gasteiger partial charge in [0.15, 0.2) is 0 Å². The van der Waals surface area contributed by atoms with Crippen LogP contribution >= 0.6 is 0 Å². The number of rotatable bonds is 6. The second-order valence-corrected chi connectivity index (χ2v) is 4.29. The lowest BCUT2D eigenvalue weighted by atomic mass is 10.2. The molecule has 0 aromatic rings. The van der Waals surface area contributed by atoms with Gasteiger partial charge in [-0.15, -0.1) is 0 Å². The molecule has 0 heterocycles. The number of nitrogens with zero attached hydrogens (tertiary/aromatic N) is 1. The van der Waals surface area contributed by atoms with Crippen molar-refractivity contribution in [1.82, 2.24) is 15.5 Å². The third-order valence-electron chi connectivity index (χ3n) is 2.92. The number of hydrogen-bond acceptors (Lipinski definition) is 3. The molecule has 3 N–H and O–H groups in total. The Kier molecular flexibility index (Phi) is 4.94. The van der Waals surface area contributed by atoms with E-state index in [4.69, 9.17) is 5.11 Å². The van der Waals surface area contributed by atoms with Crippen LogP contribution in [0.25, 0.3) is 0 Å². The zero-order valence-electron chi connectivity index (χ0n) is 10.6. The summed E-state index contributed by atoms with van der Waals surface area (Å²) in [5, 5.41) is 13.9. The van der Waals surface area contributed by atoms with Crippen molar-refractivity contribution in [3.8, 4) is 0 Å². The van der Waals surface area contributed by atoms with Crippen molar-refractivity contribution in [2.45, 2.75) is 25.8 Å². The quantitative estimate of drug-likeness (QED) is 0.604. The molecule has 1 fully saturated rings. The van der Waals surface area contributed by atoms with E-state index in [9.17, 15) is 14.4 Å². The highest BCUT2D eigenvalue weighted by molar-refractivity contribution is 5.86. The molecule has 0 radical (unpaired) electrons. The van der Waals surface area contributed by atoms with E-state index < -0.39 is 18.0 Å². The van der Waals surface area contributed by atoms with Gasteiger partial charge in [-0.25, -0.2) is 9.59 Å². The normalized spacial score (nSPS) is 15.7. The van der Waals surface area contributed by atoms with Crippen molar-refractivity contribution in [3.05, 3.63) is 0 Å². The maximum Gasteiger partial charge on any atom is 0.326 e. The molecule has 0 aliphatic heterocycles. The maximum atomic E-state index is 11.8. The van der Waals surface area contributed by atoms with Crippen LogP contribution in [0.15, 0.2) is 0 Å². The lowest BCUT2D eigenvalue weighted by molar-refractivity contribution is -0.139. The van der Waals surface area contributed by atoms with Gasteiger partial charge in [-0.3, -0.25) is 4.79 Å². The minimum atomic E-state index is -1.03. The van der Waals surface area contributed by atoms with Gasteiger partial charge in [-0.05, 0) is 25.7 Å². The largest absolute Gasteiger partial charge is 0.480 e. The Balaban J connectivity index is 2.54. The van der Waals surface area contributed by atoms with Gasteiger partial charge in [-0.2, -0.15) is 0 Å². The van der Waals surface area contributed by atoms with Crippen molar-refractivity contribution in [2.75, 3.05) is 20.1 Å². The number of urea groups is 1. The molecule has 0 bridgehead atoms. The summed E-state index contributed by atoms with van der Waals surface area (Å²) in [5.74, 6) is -1.29. The Hall–Kier alpha value is -1.79. The number of carboxylic acid groups (broad SMARTS) is 1. The summed E-state index contributed by atoms with van der Waals surface area (Å²) < 4.78 is 0. The summed E-state index contributed by atoms with van der Waals surface area (Å²) in [6.45, 7) is 2.00. The maximum absolute atomic E-state index is 11.8. The summed E-state index contributed by atoms with van der Waals surface area (Å²) in [6.07, 6.45) is 1.64. The van der Waals surface area contributed by atoms with Gasteiger partial charge in [0.05, 0.1) is 0 Å². The highest BCUT2D eigenvalue weighted by atomic mass is 16.4. The van der Waals surface area contributed by atoms with Crippen LogP contribution in [0.3, 0.4) is 0 Å². The third-order valence-corrected chi connectivity index (χ3v) is 2.92. The average Bonchev–Trinajstić information content (AvgIpc) is 3.15. The lowest BCUT2D eigenvalue weighted by Crippen LogP contribution is -2.51. The molecule has 0 spiro atoms. The smallest absolute Gasteiger partial charge is 0.326 e. The summed E-state index contributed by atoms with van der Waals surface area (Å²) in [7, 11) is 1.48. The fourth-order valence-corrected chi connectivity index (χ4v) is 1.61. The van der Waals surface area contributed by atoms with Crippen LogP contribution in [0.5, 0.6) is 0 Å². The van der Waals surface area contributed by atoms with Crippen molar-refractivity contribution < 1.29 is 19.5 Å². The SMILES string of the molecule is CCN(CC(=O)NC)C(=O)NC(C(=O)O)C1CC1. The molecule has 102 valence electrons. The summed E-state index contributed by atoms with van der Waals surface area (Å²) in [4.78, 5) is 35.3. The first-order valence-electron chi connectivity index (χ1n) is 5.98. The van der Waals surface area contributed by atoms with E-state index in [0.29, 0.717) is 6.54 Å². The average molecular weight is 257 g/mol. The van der Waals surface area contributed by atoms with Crippen molar-refractivity contribution in [2.24, 2.45) is 5.92 Å². The van der Waals surface area contributed by atoms with Crippen LogP contribution in [0, 0.1) is 5.92 Å². The summed E-state index contributed by atoms with van der Waals surface area (Å²) in [5.41, 5.74) is 0. The molecule has 0 aromatic carbocycles. The van der Waals surface area contributed by atoms with Crippen LogP contribution in [0.4, 0.5) is 4.79 Å². The van der Waals surface area contributed by atoms with Crippen LogP contribution in [-0.2, 0) is 9.59 Å². The van der Waals surface area contributed by atoms with E-state index in [1.807, 2.05) is 0 Å². The lowest BCUT2D eigenvalue weighted by Gasteiger charge is -2.23. The Morgan fingerprint density at radius 2 is 2.00 bits per heavy atom. The van der Waals surface area contributed by atoms with E-state index in [2.05, 4.69) is 10.6 Å². The second kappa shape index (κ2) is 6.23. The first kappa shape index (κ1) is 14.3. The molecule has 0 aromatic heterocycles. The van der Waals surface area contributed by atoms with Crippen molar-refractivity contribution in [3.63, 3.8) is 0 Å². The van der Waals surface area contributed by atoms with E-state index in [-0.39, 0.29) is 18.4 Å². The van der Waals surface area contributed by atoms with Gasteiger partial charge in [-0.1, -0.05) is 0 Å². The van der Waals surface area contributed by atoms with E-state index in [1.165, 1.54) is 11.9 Å². The first-order valence-corrected chi connectivity index (χ1v) is 5.98. The first-order chi connectivity index (χ1) is 8.49.